The molecule has 3 aromatic rings. The number of thiazole rings is 1. The Balaban J connectivity index is 1.23. The maximum Gasteiger partial charge on any atom is 0.246 e. The largest absolute Gasteiger partial charge is 0.370 e. The number of benzene rings is 2. The molecule has 2 aromatic carbocycles. The molecule has 6 rings (SSSR count). The molecule has 1 saturated carbocycles. The molecule has 0 spiro atoms. The van der Waals surface area contributed by atoms with E-state index in [4.69, 9.17) is 9.72 Å². The van der Waals surface area contributed by atoms with E-state index in [1.54, 1.807) is 25.3 Å². The molecule has 1 aromatic heterocycles. The maximum atomic E-state index is 14.4. The van der Waals surface area contributed by atoms with Crippen molar-refractivity contribution in [3.63, 3.8) is 0 Å². The second kappa shape index (κ2) is 13.2. The molecule has 8 nitrogen and oxygen atoms in total. The zero-order chi connectivity index (χ0) is 29.9. The van der Waals surface area contributed by atoms with Crippen molar-refractivity contribution in [2.75, 3.05) is 20.2 Å². The highest BCUT2D eigenvalue weighted by molar-refractivity contribution is 7.18. The minimum atomic E-state index is -0.628. The Bertz CT molecular complexity index is 1450. The second-order valence-electron chi connectivity index (χ2n) is 12.3. The first-order valence-corrected chi connectivity index (χ1v) is 16.6. The van der Waals surface area contributed by atoms with Crippen LogP contribution in [-0.4, -0.2) is 65.9 Å². The molecule has 2 amide bonds. The molecule has 0 unspecified atom stereocenters. The molecule has 0 bridgehead atoms. The molecule has 2 N–H and O–H groups in total. The van der Waals surface area contributed by atoms with E-state index in [-0.39, 0.29) is 41.6 Å². The van der Waals surface area contributed by atoms with Crippen LogP contribution in [0.25, 0.3) is 21.3 Å². The number of hydrogen-bond acceptors (Lipinski definition) is 7. The first-order chi connectivity index (χ1) is 20.9. The minimum absolute atomic E-state index is 0.0182. The fraction of sp³-hybridized carbons (Fsp3) is 0.529. The van der Waals surface area contributed by atoms with Gasteiger partial charge in [0.1, 0.15) is 17.2 Å². The summed E-state index contributed by atoms with van der Waals surface area (Å²) >= 11 is 1.66. The summed E-state index contributed by atoms with van der Waals surface area (Å²) in [5, 5.41) is 7.07. The van der Waals surface area contributed by atoms with Crippen molar-refractivity contribution < 1.29 is 19.1 Å². The maximum absolute atomic E-state index is 14.4. The monoisotopic (exact) mass is 602 g/mol. The Morgan fingerprint density at radius 2 is 1.77 bits per heavy atom. The van der Waals surface area contributed by atoms with Crippen molar-refractivity contribution in [2.24, 2.45) is 11.8 Å². The molecular weight excluding hydrogens is 560 g/mol. The van der Waals surface area contributed by atoms with Gasteiger partial charge in [-0.05, 0) is 82.9 Å². The standard InChI is InChI=1S/C34H42N4O4S/c1-21(35-2)32(40)36-29(23-15-17-24(18-16-23)31(39)27-13-8-20-42-27)34(41)38-19-7-12-26(38)33-37-30-25(11-6-14-28(30)43-33)22-9-4-3-5-10-22/h3-6,9-11,14,21,23-24,26-27,29,35H,7-8,12-13,15-20H2,1-2H3,(H,36,40)/t21-,23?,24?,26-,27+,29-/m0/s1. The fourth-order valence-corrected chi connectivity index (χ4v) is 8.16. The number of fused-ring (bicyclic) bond motifs is 1. The third-order valence-electron chi connectivity index (χ3n) is 9.62. The molecule has 1 aliphatic carbocycles. The van der Waals surface area contributed by atoms with Gasteiger partial charge in [0.05, 0.1) is 22.3 Å². The van der Waals surface area contributed by atoms with Crippen molar-refractivity contribution in [3.05, 3.63) is 53.5 Å². The predicted octanol–water partition coefficient (Wildman–Crippen LogP) is 5.27. The number of amides is 2. The van der Waals surface area contributed by atoms with Crippen LogP contribution in [0.3, 0.4) is 0 Å². The van der Waals surface area contributed by atoms with Gasteiger partial charge >= 0.3 is 0 Å². The lowest BCUT2D eigenvalue weighted by Gasteiger charge is -2.37. The van der Waals surface area contributed by atoms with Crippen molar-refractivity contribution in [2.45, 2.75) is 82.5 Å². The van der Waals surface area contributed by atoms with Crippen LogP contribution in [0.5, 0.6) is 0 Å². The van der Waals surface area contributed by atoms with E-state index in [0.717, 1.165) is 77.7 Å². The molecule has 2 saturated heterocycles. The van der Waals surface area contributed by atoms with E-state index >= 15 is 0 Å². The third kappa shape index (κ3) is 6.26. The van der Waals surface area contributed by atoms with Gasteiger partial charge in [0.25, 0.3) is 0 Å². The van der Waals surface area contributed by atoms with E-state index in [1.807, 2.05) is 23.1 Å². The predicted molar refractivity (Wildman–Crippen MR) is 169 cm³/mol. The average molecular weight is 603 g/mol. The number of likely N-dealkylation sites (N-methyl/N-ethyl adjacent to an activating group) is 1. The van der Waals surface area contributed by atoms with E-state index in [9.17, 15) is 14.4 Å². The van der Waals surface area contributed by atoms with Crippen LogP contribution >= 0.6 is 11.3 Å². The number of ketones is 1. The highest BCUT2D eigenvalue weighted by atomic mass is 32.1. The van der Waals surface area contributed by atoms with Gasteiger partial charge in [-0.3, -0.25) is 14.4 Å². The Hall–Kier alpha value is -3.14. The van der Waals surface area contributed by atoms with E-state index in [1.165, 1.54) is 0 Å². The number of nitrogens with one attached hydrogen (secondary N) is 2. The lowest BCUT2D eigenvalue weighted by Crippen LogP contribution is -2.56. The number of Topliss-reactive ketones (excluding diaryl/α,β-unsaturated/α-hetero) is 1. The van der Waals surface area contributed by atoms with Crippen LogP contribution in [0.1, 0.15) is 69.3 Å². The molecule has 43 heavy (non-hydrogen) atoms. The number of ether oxygens (including phenoxy) is 1. The van der Waals surface area contributed by atoms with Crippen molar-refractivity contribution in [1.82, 2.24) is 20.5 Å². The van der Waals surface area contributed by atoms with Gasteiger partial charge in [0.15, 0.2) is 5.78 Å². The molecule has 3 heterocycles. The Morgan fingerprint density at radius 1 is 0.977 bits per heavy atom. The van der Waals surface area contributed by atoms with Crippen molar-refractivity contribution in [3.8, 4) is 11.1 Å². The van der Waals surface area contributed by atoms with E-state index in [0.29, 0.717) is 13.2 Å². The minimum Gasteiger partial charge on any atom is -0.370 e. The highest BCUT2D eigenvalue weighted by Gasteiger charge is 2.42. The molecule has 3 aliphatic rings. The number of likely N-dealkylation sites (tertiary alicyclic amines) is 1. The van der Waals surface area contributed by atoms with Gasteiger partial charge in [0.2, 0.25) is 11.8 Å². The van der Waals surface area contributed by atoms with Gasteiger partial charge in [-0.25, -0.2) is 4.98 Å². The van der Waals surface area contributed by atoms with Crippen LogP contribution in [0.4, 0.5) is 0 Å². The summed E-state index contributed by atoms with van der Waals surface area (Å²) in [7, 11) is 1.75. The molecular formula is C34H42N4O4S. The SMILES string of the molecule is CN[C@@H](C)C(=O)N[C@H](C(=O)N1CCC[C@H]1c1nc2c(-c3ccccc3)cccc2s1)C1CCC(C(=O)[C@H]2CCCO2)CC1. The first kappa shape index (κ1) is 29.9. The van der Waals surface area contributed by atoms with Gasteiger partial charge in [-0.2, -0.15) is 0 Å². The van der Waals surface area contributed by atoms with Crippen LogP contribution in [0, 0.1) is 11.8 Å². The second-order valence-corrected chi connectivity index (χ2v) is 13.3. The zero-order valence-corrected chi connectivity index (χ0v) is 25.9. The lowest BCUT2D eigenvalue weighted by atomic mass is 9.75. The normalized spacial score (nSPS) is 25.5. The number of aromatic nitrogens is 1. The van der Waals surface area contributed by atoms with E-state index in [2.05, 4.69) is 41.0 Å². The van der Waals surface area contributed by atoms with Crippen LogP contribution in [0.15, 0.2) is 48.5 Å². The van der Waals surface area contributed by atoms with Crippen molar-refractivity contribution >= 4 is 39.2 Å². The summed E-state index contributed by atoms with van der Waals surface area (Å²) in [4.78, 5) is 47.6. The highest BCUT2D eigenvalue weighted by Crippen LogP contribution is 2.41. The Kier molecular flexibility index (Phi) is 9.21. The third-order valence-corrected chi connectivity index (χ3v) is 10.7. The van der Waals surface area contributed by atoms with Gasteiger partial charge in [0, 0.05) is 24.6 Å². The molecule has 2 aliphatic heterocycles. The number of hydrogen-bond donors (Lipinski definition) is 2. The van der Waals surface area contributed by atoms with Gasteiger partial charge in [-0.15, -0.1) is 11.3 Å². The molecule has 9 heteroatoms. The fourth-order valence-electron chi connectivity index (χ4n) is 7.02. The Labute approximate surface area is 257 Å². The number of para-hydroxylation sites is 1. The van der Waals surface area contributed by atoms with Crippen LogP contribution in [0.2, 0.25) is 0 Å². The summed E-state index contributed by atoms with van der Waals surface area (Å²) in [6.07, 6.45) is 6.15. The summed E-state index contributed by atoms with van der Waals surface area (Å²) in [6.45, 7) is 3.11. The quantitative estimate of drug-likeness (QED) is 0.346. The summed E-state index contributed by atoms with van der Waals surface area (Å²) in [6, 6.07) is 15.4. The van der Waals surface area contributed by atoms with Crippen LogP contribution in [-0.2, 0) is 19.1 Å². The van der Waals surface area contributed by atoms with Crippen molar-refractivity contribution in [1.29, 1.82) is 0 Å². The van der Waals surface area contributed by atoms with Gasteiger partial charge < -0.3 is 20.3 Å². The first-order valence-electron chi connectivity index (χ1n) is 15.8. The average Bonchev–Trinajstić information content (AvgIpc) is 3.84. The van der Waals surface area contributed by atoms with Gasteiger partial charge in [-0.1, -0.05) is 42.5 Å². The number of nitrogens with zero attached hydrogens (tertiary/aromatic N) is 2. The zero-order valence-electron chi connectivity index (χ0n) is 25.1. The number of rotatable bonds is 9. The topological polar surface area (TPSA) is 101 Å². The van der Waals surface area contributed by atoms with E-state index < -0.39 is 12.1 Å². The molecule has 3 fully saturated rings. The molecule has 0 radical (unpaired) electrons. The summed E-state index contributed by atoms with van der Waals surface area (Å²) in [5.41, 5.74) is 3.19. The lowest BCUT2D eigenvalue weighted by molar-refractivity contribution is -0.140. The number of carbonyl (C=O) groups is 3. The Morgan fingerprint density at radius 3 is 2.49 bits per heavy atom. The summed E-state index contributed by atoms with van der Waals surface area (Å²) in [5.74, 6) is -0.0345. The smallest absolute Gasteiger partial charge is 0.246 e. The summed E-state index contributed by atoms with van der Waals surface area (Å²) < 4.78 is 6.78. The molecule has 228 valence electrons. The number of carbonyl (C=O) groups excluding carboxylic acids is 3. The molecule has 4 atom stereocenters. The van der Waals surface area contributed by atoms with Crippen LogP contribution < -0.4 is 10.6 Å².